The van der Waals surface area contributed by atoms with E-state index in [1.807, 2.05) is 6.07 Å². The van der Waals surface area contributed by atoms with Crippen molar-refractivity contribution >= 4 is 57.3 Å². The van der Waals surface area contributed by atoms with Crippen LogP contribution in [0.25, 0.3) is 28.3 Å². The van der Waals surface area contributed by atoms with Gasteiger partial charge >= 0.3 is 5.91 Å². The van der Waals surface area contributed by atoms with Gasteiger partial charge in [0.25, 0.3) is 0 Å². The number of Topliss-reactive ketones (excluding diaryl/α,β-unsaturated/α-hetero) is 1. The van der Waals surface area contributed by atoms with E-state index in [1.54, 1.807) is 54.6 Å². The molecule has 2 N–H and O–H groups in total. The maximum Gasteiger partial charge on any atom is 0.306 e. The van der Waals surface area contributed by atoms with Crippen LogP contribution in [-0.4, -0.2) is 42.1 Å². The number of para-hydroxylation sites is 1. The number of ketones is 1. The molecule has 1 saturated heterocycles. The van der Waals surface area contributed by atoms with Gasteiger partial charge in [0.2, 0.25) is 5.11 Å². The maximum absolute atomic E-state index is 13.3. The van der Waals surface area contributed by atoms with Crippen molar-refractivity contribution in [2.75, 3.05) is 0 Å². The van der Waals surface area contributed by atoms with Gasteiger partial charge in [-0.3, -0.25) is 9.59 Å². The van der Waals surface area contributed by atoms with Gasteiger partial charge in [-0.15, -0.1) is 10.1 Å². The summed E-state index contributed by atoms with van der Waals surface area (Å²) < 4.78 is 0. The zero-order valence-electron chi connectivity index (χ0n) is 21.7. The molecular formula is C30H21N3O8S. The zero-order valence-corrected chi connectivity index (χ0v) is 22.5. The second kappa shape index (κ2) is 11.9. The van der Waals surface area contributed by atoms with Crippen molar-refractivity contribution in [1.82, 2.24) is 15.1 Å². The number of amides is 1. The van der Waals surface area contributed by atoms with Crippen LogP contribution < -0.4 is 0 Å². The monoisotopic (exact) mass is 583 g/mol. The van der Waals surface area contributed by atoms with E-state index >= 15 is 0 Å². The molecule has 1 fully saturated rings. The fourth-order valence-corrected chi connectivity index (χ4v) is 4.45. The van der Waals surface area contributed by atoms with Gasteiger partial charge in [-0.1, -0.05) is 66.7 Å². The molecule has 5 rings (SSSR count). The average Bonchev–Trinajstić information content (AvgIpc) is 3.37. The van der Waals surface area contributed by atoms with E-state index in [2.05, 4.69) is 27.9 Å². The third-order valence-electron chi connectivity index (χ3n) is 6.05. The Kier molecular flexibility index (Phi) is 7.93. The van der Waals surface area contributed by atoms with Gasteiger partial charge < -0.3 is 20.0 Å². The van der Waals surface area contributed by atoms with E-state index in [0.717, 1.165) is 17.6 Å². The SMILES string of the molecule is C=COON1C(=O)\C(=C/C=C/C=C/c2ccc3c(c2)C(=O)C(c2nc4ccccc4cc2O)=C3O)N(OOC=C)C1=S. The highest BCUT2D eigenvalue weighted by molar-refractivity contribution is 7.80. The van der Waals surface area contributed by atoms with Gasteiger partial charge in [0.15, 0.2) is 5.78 Å². The summed E-state index contributed by atoms with van der Waals surface area (Å²) in [5.41, 5.74) is 1.74. The summed E-state index contributed by atoms with van der Waals surface area (Å²) in [5.74, 6) is -1.62. The fraction of sp³-hybridized carbons (Fsp3) is 0. The average molecular weight is 584 g/mol. The third kappa shape index (κ3) is 5.15. The highest BCUT2D eigenvalue weighted by Crippen LogP contribution is 2.40. The van der Waals surface area contributed by atoms with Gasteiger partial charge in [0.05, 0.1) is 11.1 Å². The summed E-state index contributed by atoms with van der Waals surface area (Å²) in [6.07, 6.45) is 9.89. The second-order valence-electron chi connectivity index (χ2n) is 8.55. The molecule has 2 aliphatic rings. The number of aromatic hydroxyl groups is 1. The molecule has 2 heterocycles. The van der Waals surface area contributed by atoms with Crippen molar-refractivity contribution in [2.24, 2.45) is 0 Å². The molecule has 11 nitrogen and oxygen atoms in total. The summed E-state index contributed by atoms with van der Waals surface area (Å²) >= 11 is 5.14. The molecule has 0 radical (unpaired) electrons. The Labute approximate surface area is 244 Å². The number of rotatable bonds is 10. The van der Waals surface area contributed by atoms with E-state index in [-0.39, 0.29) is 39.1 Å². The molecule has 210 valence electrons. The number of hydrogen-bond donors (Lipinski definition) is 2. The highest BCUT2D eigenvalue weighted by Gasteiger charge is 2.42. The molecule has 1 amide bonds. The molecule has 42 heavy (non-hydrogen) atoms. The largest absolute Gasteiger partial charge is 0.506 e. The van der Waals surface area contributed by atoms with E-state index in [0.29, 0.717) is 27.1 Å². The number of aromatic nitrogens is 1. The summed E-state index contributed by atoms with van der Waals surface area (Å²) in [5, 5.41) is 23.5. The standard InChI is InChI=1S/C30H21N3O8S/c1-3-38-40-32-23(29(37)33(30(32)42)41-39-4-2)13-7-5-6-10-18-14-15-20-21(16-18)28(36)25(27(20)35)26-24(34)17-19-11-8-9-12-22(19)31-26/h3-17,34-35H,1-2H2/b7-5+,10-6+,23-13+. The van der Waals surface area contributed by atoms with Crippen molar-refractivity contribution < 1.29 is 39.6 Å². The van der Waals surface area contributed by atoms with Gasteiger partial charge in [-0.05, 0) is 53.1 Å². The Hall–Kier alpha value is -5.56. The number of aliphatic hydroxyl groups excluding tert-OH is 1. The molecule has 0 spiro atoms. The highest BCUT2D eigenvalue weighted by atomic mass is 32.1. The van der Waals surface area contributed by atoms with Crippen LogP contribution in [0.1, 0.15) is 27.2 Å². The van der Waals surface area contributed by atoms with Crippen LogP contribution in [0.15, 0.2) is 104 Å². The Balaban J connectivity index is 1.34. The van der Waals surface area contributed by atoms with Crippen molar-refractivity contribution in [1.29, 1.82) is 0 Å². The number of thiocarbonyl (C=S) groups is 1. The smallest absolute Gasteiger partial charge is 0.306 e. The number of fused-ring (bicyclic) bond motifs is 2. The molecular weight excluding hydrogens is 562 g/mol. The Bertz CT molecular complexity index is 1780. The quantitative estimate of drug-likeness (QED) is 0.0788. The number of nitrogens with zero attached hydrogens (tertiary/aromatic N) is 3. The third-order valence-corrected chi connectivity index (χ3v) is 6.39. The summed E-state index contributed by atoms with van der Waals surface area (Å²) in [7, 11) is 0. The molecule has 12 heteroatoms. The van der Waals surface area contributed by atoms with Crippen LogP contribution in [-0.2, 0) is 24.5 Å². The lowest BCUT2D eigenvalue weighted by Crippen LogP contribution is -2.32. The number of hydrogen-bond acceptors (Lipinski definition) is 10. The number of carbonyl (C=O) groups excluding carboxylic acids is 2. The molecule has 0 unspecified atom stereocenters. The minimum Gasteiger partial charge on any atom is -0.506 e. The summed E-state index contributed by atoms with van der Waals surface area (Å²) in [6, 6.07) is 13.6. The lowest BCUT2D eigenvalue weighted by Gasteiger charge is -2.14. The fourth-order valence-electron chi connectivity index (χ4n) is 4.21. The van der Waals surface area contributed by atoms with Crippen LogP contribution in [0.5, 0.6) is 5.75 Å². The first-order valence-electron chi connectivity index (χ1n) is 12.2. The minimum absolute atomic E-state index is 0.0120. The van der Waals surface area contributed by atoms with Crippen LogP contribution in [0, 0.1) is 0 Å². The Morgan fingerprint density at radius 2 is 1.62 bits per heavy atom. The predicted molar refractivity (Wildman–Crippen MR) is 156 cm³/mol. The molecule has 2 aromatic carbocycles. The predicted octanol–water partition coefficient (Wildman–Crippen LogP) is 5.46. The Morgan fingerprint density at radius 1 is 0.881 bits per heavy atom. The van der Waals surface area contributed by atoms with E-state index in [9.17, 15) is 19.8 Å². The lowest BCUT2D eigenvalue weighted by atomic mass is 10.0. The van der Waals surface area contributed by atoms with Crippen LogP contribution in [0.4, 0.5) is 0 Å². The molecule has 1 aliphatic carbocycles. The molecule has 0 saturated carbocycles. The first-order chi connectivity index (χ1) is 20.3. The lowest BCUT2D eigenvalue weighted by molar-refractivity contribution is -0.370. The first kappa shape index (κ1) is 28.0. The van der Waals surface area contributed by atoms with E-state index in [1.165, 1.54) is 18.2 Å². The number of benzene rings is 2. The molecule has 1 aromatic heterocycles. The number of allylic oxidation sites excluding steroid dienone is 5. The van der Waals surface area contributed by atoms with E-state index < -0.39 is 11.7 Å². The molecule has 3 aromatic rings. The van der Waals surface area contributed by atoms with Crippen molar-refractivity contribution in [3.8, 4) is 5.75 Å². The molecule has 0 atom stereocenters. The van der Waals surface area contributed by atoms with Crippen LogP contribution in [0.3, 0.4) is 0 Å². The molecule has 0 bridgehead atoms. The van der Waals surface area contributed by atoms with Gasteiger partial charge in [-0.2, -0.15) is 0 Å². The van der Waals surface area contributed by atoms with Crippen molar-refractivity contribution in [2.45, 2.75) is 0 Å². The summed E-state index contributed by atoms with van der Waals surface area (Å²) in [6.45, 7) is 6.68. The summed E-state index contributed by atoms with van der Waals surface area (Å²) in [4.78, 5) is 49.4. The van der Waals surface area contributed by atoms with Gasteiger partial charge in [0.1, 0.15) is 35.4 Å². The maximum atomic E-state index is 13.3. The number of carbonyl (C=O) groups is 2. The zero-order chi connectivity index (χ0) is 29.8. The Morgan fingerprint density at radius 3 is 2.38 bits per heavy atom. The van der Waals surface area contributed by atoms with Crippen molar-refractivity contribution in [3.63, 3.8) is 0 Å². The topological polar surface area (TPSA) is 131 Å². The number of aliphatic hydroxyl groups is 1. The second-order valence-corrected chi connectivity index (χ2v) is 8.92. The number of hydroxylamine groups is 4. The van der Waals surface area contributed by atoms with E-state index in [4.69, 9.17) is 22.2 Å². The molecule has 1 aliphatic heterocycles. The van der Waals surface area contributed by atoms with Crippen LogP contribution in [0.2, 0.25) is 0 Å². The number of pyridine rings is 1. The van der Waals surface area contributed by atoms with Crippen LogP contribution >= 0.6 is 12.2 Å². The van der Waals surface area contributed by atoms with Gasteiger partial charge in [0, 0.05) is 16.5 Å². The first-order valence-corrected chi connectivity index (χ1v) is 12.6. The minimum atomic E-state index is -0.699. The van der Waals surface area contributed by atoms with Crippen molar-refractivity contribution in [3.05, 3.63) is 127 Å². The normalized spacial score (nSPS) is 16.0. The van der Waals surface area contributed by atoms with Gasteiger partial charge in [-0.25, -0.2) is 4.98 Å².